The summed E-state index contributed by atoms with van der Waals surface area (Å²) in [5, 5.41) is 8.59. The summed E-state index contributed by atoms with van der Waals surface area (Å²) in [6.45, 7) is 0.287. The smallest absolute Gasteiger partial charge is 0.0433 e. The van der Waals surface area contributed by atoms with Gasteiger partial charge < -0.3 is 5.11 Å². The maximum Gasteiger partial charge on any atom is 0.0433 e. The first-order chi connectivity index (χ1) is 7.93. The Morgan fingerprint density at radius 2 is 1.69 bits per heavy atom. The van der Waals surface area contributed by atoms with Crippen molar-refractivity contribution in [2.45, 2.75) is 44.9 Å². The minimum absolute atomic E-state index is 0.287. The minimum atomic E-state index is 0.287. The normalized spacial score (nSPS) is 19.3. The monoisotopic (exact) mass is 220 g/mol. The second-order valence-electron chi connectivity index (χ2n) is 4.46. The fraction of sp³-hybridized carbons (Fsp3) is 0.600. The second-order valence-corrected chi connectivity index (χ2v) is 4.46. The predicted molar refractivity (Wildman–Crippen MR) is 70.3 cm³/mol. The molecule has 1 rings (SSSR count). The Bertz CT molecular complexity index is 232. The van der Waals surface area contributed by atoms with Crippen molar-refractivity contribution in [1.82, 2.24) is 0 Å². The van der Waals surface area contributed by atoms with E-state index in [1.54, 1.807) is 0 Å². The molecule has 0 aliphatic heterocycles. The Labute approximate surface area is 99.6 Å². The van der Waals surface area contributed by atoms with Crippen LogP contribution in [0.15, 0.2) is 36.5 Å². The van der Waals surface area contributed by atoms with Gasteiger partial charge >= 0.3 is 0 Å². The van der Waals surface area contributed by atoms with E-state index in [1.807, 2.05) is 0 Å². The molecule has 90 valence electrons. The van der Waals surface area contributed by atoms with Gasteiger partial charge in [-0.05, 0) is 31.6 Å². The van der Waals surface area contributed by atoms with Gasteiger partial charge in [-0.2, -0.15) is 0 Å². The number of hydrogen-bond donors (Lipinski definition) is 1. The molecule has 0 aromatic heterocycles. The first kappa shape index (κ1) is 13.2. The number of allylic oxidation sites excluding steroid dienone is 6. The molecule has 0 atom stereocenters. The summed E-state index contributed by atoms with van der Waals surface area (Å²) in [5.41, 5.74) is 0. The Hall–Kier alpha value is -0.820. The van der Waals surface area contributed by atoms with E-state index < -0.39 is 0 Å². The van der Waals surface area contributed by atoms with Crippen LogP contribution in [0.4, 0.5) is 0 Å². The van der Waals surface area contributed by atoms with Gasteiger partial charge in [0.2, 0.25) is 0 Å². The SMILES string of the molecule is OCCC/C=C/C=C/C=C/C1CCCCC1. The third-order valence-electron chi connectivity index (χ3n) is 3.03. The molecular weight excluding hydrogens is 196 g/mol. The number of hydrogen-bond acceptors (Lipinski definition) is 1. The molecule has 1 nitrogen and oxygen atoms in total. The van der Waals surface area contributed by atoms with E-state index in [1.165, 1.54) is 32.1 Å². The molecule has 1 aliphatic carbocycles. The molecule has 0 aromatic rings. The zero-order chi connectivity index (χ0) is 11.5. The van der Waals surface area contributed by atoms with Crippen molar-refractivity contribution < 1.29 is 5.11 Å². The summed E-state index contributed by atoms with van der Waals surface area (Å²) in [6, 6.07) is 0. The molecule has 1 heteroatoms. The molecule has 1 N–H and O–H groups in total. The summed E-state index contributed by atoms with van der Waals surface area (Å²) in [7, 11) is 0. The van der Waals surface area contributed by atoms with Gasteiger partial charge in [0, 0.05) is 6.61 Å². The first-order valence-electron chi connectivity index (χ1n) is 6.54. The van der Waals surface area contributed by atoms with Gasteiger partial charge in [-0.25, -0.2) is 0 Å². The highest BCUT2D eigenvalue weighted by molar-refractivity contribution is 5.11. The van der Waals surface area contributed by atoms with E-state index in [2.05, 4.69) is 36.5 Å². The van der Waals surface area contributed by atoms with Crippen molar-refractivity contribution in [2.24, 2.45) is 5.92 Å². The number of rotatable bonds is 6. The standard InChI is InChI=1S/C15H24O/c16-14-10-5-3-1-2-4-7-11-15-12-8-6-9-13-15/h1-4,7,11,15-16H,5-6,8-10,12-14H2/b3-1+,4-2+,11-7+. The second kappa shape index (κ2) is 9.41. The quantitative estimate of drug-likeness (QED) is 0.529. The van der Waals surface area contributed by atoms with Crippen molar-refractivity contribution in [2.75, 3.05) is 6.61 Å². The molecule has 1 fully saturated rings. The van der Waals surface area contributed by atoms with E-state index in [9.17, 15) is 0 Å². The molecule has 0 heterocycles. The van der Waals surface area contributed by atoms with E-state index in [0.717, 1.165) is 18.8 Å². The zero-order valence-corrected chi connectivity index (χ0v) is 10.1. The van der Waals surface area contributed by atoms with Crippen molar-refractivity contribution in [3.8, 4) is 0 Å². The molecule has 0 amide bonds. The number of aliphatic hydroxyl groups excluding tert-OH is 1. The van der Waals surface area contributed by atoms with Crippen molar-refractivity contribution >= 4 is 0 Å². The molecular formula is C15H24O. The molecule has 0 bridgehead atoms. The highest BCUT2D eigenvalue weighted by atomic mass is 16.2. The van der Waals surface area contributed by atoms with Crippen molar-refractivity contribution in [3.63, 3.8) is 0 Å². The highest BCUT2D eigenvalue weighted by Crippen LogP contribution is 2.24. The molecule has 1 saturated carbocycles. The molecule has 0 aromatic carbocycles. The third-order valence-corrected chi connectivity index (χ3v) is 3.03. The fourth-order valence-electron chi connectivity index (χ4n) is 2.06. The van der Waals surface area contributed by atoms with Crippen LogP contribution in [-0.4, -0.2) is 11.7 Å². The van der Waals surface area contributed by atoms with Gasteiger partial charge in [0.25, 0.3) is 0 Å². The van der Waals surface area contributed by atoms with Gasteiger partial charge in [-0.1, -0.05) is 55.7 Å². The Balaban J connectivity index is 2.09. The average Bonchev–Trinajstić information content (AvgIpc) is 2.34. The van der Waals surface area contributed by atoms with E-state index in [4.69, 9.17) is 5.11 Å². The van der Waals surface area contributed by atoms with Crippen LogP contribution in [-0.2, 0) is 0 Å². The summed E-state index contributed by atoms with van der Waals surface area (Å²) in [6.07, 6.45) is 21.6. The third kappa shape index (κ3) is 6.62. The van der Waals surface area contributed by atoms with Gasteiger partial charge in [0.05, 0.1) is 0 Å². The maximum absolute atomic E-state index is 8.59. The van der Waals surface area contributed by atoms with Gasteiger partial charge in [0.1, 0.15) is 0 Å². The molecule has 0 spiro atoms. The van der Waals surface area contributed by atoms with Crippen LogP contribution in [0, 0.1) is 5.92 Å². The van der Waals surface area contributed by atoms with Crippen LogP contribution < -0.4 is 0 Å². The molecule has 1 aliphatic rings. The lowest BCUT2D eigenvalue weighted by Crippen LogP contribution is -2.02. The van der Waals surface area contributed by atoms with E-state index in [0.29, 0.717) is 0 Å². The Morgan fingerprint density at radius 1 is 0.938 bits per heavy atom. The maximum atomic E-state index is 8.59. The minimum Gasteiger partial charge on any atom is -0.396 e. The summed E-state index contributed by atoms with van der Waals surface area (Å²) in [4.78, 5) is 0. The van der Waals surface area contributed by atoms with Crippen LogP contribution in [0.25, 0.3) is 0 Å². The molecule has 0 radical (unpaired) electrons. The van der Waals surface area contributed by atoms with E-state index in [-0.39, 0.29) is 6.61 Å². The Kier molecular flexibility index (Phi) is 7.79. The van der Waals surface area contributed by atoms with Gasteiger partial charge in [-0.3, -0.25) is 0 Å². The number of aliphatic hydroxyl groups is 1. The lowest BCUT2D eigenvalue weighted by atomic mass is 9.89. The summed E-state index contributed by atoms with van der Waals surface area (Å²) in [5.74, 6) is 0.816. The largest absolute Gasteiger partial charge is 0.396 e. The molecule has 0 unspecified atom stereocenters. The zero-order valence-electron chi connectivity index (χ0n) is 10.1. The lowest BCUT2D eigenvalue weighted by molar-refractivity contribution is 0.289. The first-order valence-corrected chi connectivity index (χ1v) is 6.54. The van der Waals surface area contributed by atoms with Crippen LogP contribution in [0.2, 0.25) is 0 Å². The summed E-state index contributed by atoms with van der Waals surface area (Å²) >= 11 is 0. The highest BCUT2D eigenvalue weighted by Gasteiger charge is 2.08. The van der Waals surface area contributed by atoms with Crippen LogP contribution in [0.5, 0.6) is 0 Å². The number of unbranched alkanes of at least 4 members (excludes halogenated alkanes) is 1. The van der Waals surface area contributed by atoms with Gasteiger partial charge in [-0.15, -0.1) is 0 Å². The van der Waals surface area contributed by atoms with E-state index >= 15 is 0 Å². The van der Waals surface area contributed by atoms with Crippen LogP contribution in [0.3, 0.4) is 0 Å². The van der Waals surface area contributed by atoms with Crippen LogP contribution in [0.1, 0.15) is 44.9 Å². The van der Waals surface area contributed by atoms with Crippen molar-refractivity contribution in [3.05, 3.63) is 36.5 Å². The predicted octanol–water partition coefficient (Wildman–Crippen LogP) is 4.01. The van der Waals surface area contributed by atoms with Crippen LogP contribution >= 0.6 is 0 Å². The average molecular weight is 220 g/mol. The molecule has 0 saturated heterocycles. The van der Waals surface area contributed by atoms with Gasteiger partial charge in [0.15, 0.2) is 0 Å². The Morgan fingerprint density at radius 3 is 2.44 bits per heavy atom. The molecule has 16 heavy (non-hydrogen) atoms. The van der Waals surface area contributed by atoms with Crippen molar-refractivity contribution in [1.29, 1.82) is 0 Å². The lowest BCUT2D eigenvalue weighted by Gasteiger charge is -2.17. The summed E-state index contributed by atoms with van der Waals surface area (Å²) < 4.78 is 0. The fourth-order valence-corrected chi connectivity index (χ4v) is 2.06. The topological polar surface area (TPSA) is 20.2 Å².